The third-order valence-electron chi connectivity index (χ3n) is 7.29. The van der Waals surface area contributed by atoms with Crippen LogP contribution in [0.4, 0.5) is 5.69 Å². The van der Waals surface area contributed by atoms with Crippen LogP contribution in [0.3, 0.4) is 0 Å². The first-order valence-corrected chi connectivity index (χ1v) is 12.1. The van der Waals surface area contributed by atoms with Crippen LogP contribution in [-0.2, 0) is 11.8 Å². The standard InChI is InChI=1S/C23H38N6O2/c1-26-22(30)16-21(17-25-26)29-15-6-19(18-29)23(31)24-9-5-10-27-13-7-20(8-14-27)28-11-3-2-4-12-28/h16-17,19-20H,2-15,18H2,1H3,(H,24,31). The predicted octanol–water partition coefficient (Wildman–Crippen LogP) is 1.06. The first kappa shape index (κ1) is 22.3. The lowest BCUT2D eigenvalue weighted by Crippen LogP contribution is -2.47. The molecule has 3 fully saturated rings. The average molecular weight is 431 g/mol. The molecule has 4 rings (SSSR count). The van der Waals surface area contributed by atoms with Gasteiger partial charge in [0.2, 0.25) is 5.91 Å². The molecule has 0 spiro atoms. The molecule has 1 aromatic heterocycles. The van der Waals surface area contributed by atoms with E-state index in [2.05, 4.69) is 25.1 Å². The Morgan fingerprint density at radius 3 is 2.61 bits per heavy atom. The van der Waals surface area contributed by atoms with Crippen LogP contribution in [0.15, 0.2) is 17.1 Å². The van der Waals surface area contributed by atoms with Crippen molar-refractivity contribution in [3.05, 3.63) is 22.6 Å². The van der Waals surface area contributed by atoms with E-state index in [1.807, 2.05) is 0 Å². The van der Waals surface area contributed by atoms with Gasteiger partial charge in [-0.3, -0.25) is 9.59 Å². The molecule has 1 unspecified atom stereocenters. The molecule has 1 N–H and O–H groups in total. The molecule has 0 bridgehead atoms. The Bertz CT molecular complexity index is 783. The highest BCUT2D eigenvalue weighted by Crippen LogP contribution is 2.23. The number of aryl methyl sites for hydroxylation is 1. The monoisotopic (exact) mass is 430 g/mol. The summed E-state index contributed by atoms with van der Waals surface area (Å²) >= 11 is 0. The molecule has 0 aliphatic carbocycles. The van der Waals surface area contributed by atoms with Crippen molar-refractivity contribution >= 4 is 11.6 Å². The van der Waals surface area contributed by atoms with E-state index in [0.29, 0.717) is 6.54 Å². The van der Waals surface area contributed by atoms with Gasteiger partial charge >= 0.3 is 0 Å². The highest BCUT2D eigenvalue weighted by Gasteiger charge is 2.29. The van der Waals surface area contributed by atoms with E-state index in [4.69, 9.17) is 0 Å². The number of nitrogens with one attached hydrogen (secondary N) is 1. The van der Waals surface area contributed by atoms with Gasteiger partial charge in [0.05, 0.1) is 17.8 Å². The number of nitrogens with zero attached hydrogens (tertiary/aromatic N) is 5. The number of aromatic nitrogens is 2. The van der Waals surface area contributed by atoms with Gasteiger partial charge in [0.15, 0.2) is 0 Å². The molecule has 4 heterocycles. The predicted molar refractivity (Wildman–Crippen MR) is 122 cm³/mol. The molecule has 172 valence electrons. The zero-order chi connectivity index (χ0) is 21.6. The molecule has 3 saturated heterocycles. The fourth-order valence-electron chi connectivity index (χ4n) is 5.29. The van der Waals surface area contributed by atoms with Crippen LogP contribution in [0.25, 0.3) is 0 Å². The molecule has 1 aromatic rings. The second-order valence-electron chi connectivity index (χ2n) is 9.42. The van der Waals surface area contributed by atoms with Crippen LogP contribution >= 0.6 is 0 Å². The number of hydrogen-bond acceptors (Lipinski definition) is 6. The lowest BCUT2D eigenvalue weighted by Gasteiger charge is -2.40. The van der Waals surface area contributed by atoms with Crippen LogP contribution in [-0.4, -0.2) is 83.9 Å². The summed E-state index contributed by atoms with van der Waals surface area (Å²) in [5.41, 5.74) is 0.691. The maximum Gasteiger partial charge on any atom is 0.268 e. The Balaban J connectivity index is 1.11. The van der Waals surface area contributed by atoms with E-state index in [0.717, 1.165) is 44.2 Å². The maximum atomic E-state index is 12.6. The molecule has 8 heteroatoms. The molecule has 0 saturated carbocycles. The first-order valence-electron chi connectivity index (χ1n) is 12.1. The zero-order valence-corrected chi connectivity index (χ0v) is 19.0. The van der Waals surface area contributed by atoms with Gasteiger partial charge in [0, 0.05) is 38.8 Å². The van der Waals surface area contributed by atoms with E-state index in [1.165, 1.54) is 63.0 Å². The maximum absolute atomic E-state index is 12.6. The van der Waals surface area contributed by atoms with Gasteiger partial charge in [-0.15, -0.1) is 0 Å². The summed E-state index contributed by atoms with van der Waals surface area (Å²) in [7, 11) is 1.64. The second kappa shape index (κ2) is 10.6. The van der Waals surface area contributed by atoms with Gasteiger partial charge < -0.3 is 20.0 Å². The zero-order valence-electron chi connectivity index (χ0n) is 19.0. The molecular formula is C23H38N6O2. The number of rotatable bonds is 7. The lowest BCUT2D eigenvalue weighted by molar-refractivity contribution is -0.124. The van der Waals surface area contributed by atoms with Crippen molar-refractivity contribution < 1.29 is 4.79 Å². The molecule has 1 atom stereocenters. The van der Waals surface area contributed by atoms with E-state index in [1.54, 1.807) is 19.3 Å². The van der Waals surface area contributed by atoms with Crippen molar-refractivity contribution in [2.45, 2.75) is 51.0 Å². The largest absolute Gasteiger partial charge is 0.369 e. The highest BCUT2D eigenvalue weighted by molar-refractivity contribution is 5.80. The quantitative estimate of drug-likeness (QED) is 0.652. The van der Waals surface area contributed by atoms with Crippen LogP contribution in [0.5, 0.6) is 0 Å². The smallest absolute Gasteiger partial charge is 0.268 e. The normalized spacial score (nSPS) is 23.9. The number of hydrogen-bond donors (Lipinski definition) is 1. The van der Waals surface area contributed by atoms with Crippen LogP contribution in [0, 0.1) is 5.92 Å². The number of anilines is 1. The van der Waals surface area contributed by atoms with Gasteiger partial charge in [0.25, 0.3) is 5.56 Å². The summed E-state index contributed by atoms with van der Waals surface area (Å²) in [6, 6.07) is 2.39. The Morgan fingerprint density at radius 1 is 1.10 bits per heavy atom. The molecule has 0 aromatic carbocycles. The first-order chi connectivity index (χ1) is 15.1. The SMILES string of the molecule is Cn1ncc(N2CCC(C(=O)NCCCN3CCC(N4CCCCC4)CC3)C2)cc1=O. The van der Waals surface area contributed by atoms with Crippen molar-refractivity contribution in [2.75, 3.05) is 57.3 Å². The topological polar surface area (TPSA) is 73.7 Å². The van der Waals surface area contributed by atoms with Crippen LogP contribution in [0.1, 0.15) is 44.9 Å². The average Bonchev–Trinajstić information content (AvgIpc) is 3.30. The van der Waals surface area contributed by atoms with Gasteiger partial charge in [0.1, 0.15) is 0 Å². The Labute approximate surface area is 185 Å². The number of piperidine rings is 2. The summed E-state index contributed by atoms with van der Waals surface area (Å²) in [6.45, 7) is 8.25. The van der Waals surface area contributed by atoms with E-state index < -0.39 is 0 Å². The van der Waals surface area contributed by atoms with Gasteiger partial charge in [-0.05, 0) is 71.2 Å². The second-order valence-corrected chi connectivity index (χ2v) is 9.42. The molecule has 3 aliphatic rings. The summed E-state index contributed by atoms with van der Waals surface area (Å²) in [5, 5.41) is 7.22. The Morgan fingerprint density at radius 2 is 1.87 bits per heavy atom. The van der Waals surface area contributed by atoms with Gasteiger partial charge in [-0.2, -0.15) is 5.10 Å². The van der Waals surface area contributed by atoms with Crippen molar-refractivity contribution in [3.63, 3.8) is 0 Å². The summed E-state index contributed by atoms with van der Waals surface area (Å²) in [6.07, 6.45) is 10.3. The van der Waals surface area contributed by atoms with Crippen molar-refractivity contribution in [2.24, 2.45) is 13.0 Å². The molecule has 1 amide bonds. The summed E-state index contributed by atoms with van der Waals surface area (Å²) < 4.78 is 1.32. The van der Waals surface area contributed by atoms with E-state index in [-0.39, 0.29) is 17.4 Å². The van der Waals surface area contributed by atoms with Crippen LogP contribution in [0.2, 0.25) is 0 Å². The number of amides is 1. The van der Waals surface area contributed by atoms with Gasteiger partial charge in [-0.1, -0.05) is 6.42 Å². The van der Waals surface area contributed by atoms with Crippen LogP contribution < -0.4 is 15.8 Å². The van der Waals surface area contributed by atoms with Crippen molar-refractivity contribution in [1.82, 2.24) is 24.9 Å². The van der Waals surface area contributed by atoms with E-state index in [9.17, 15) is 9.59 Å². The third kappa shape index (κ3) is 5.86. The minimum Gasteiger partial charge on any atom is -0.369 e. The van der Waals surface area contributed by atoms with Gasteiger partial charge in [-0.25, -0.2) is 4.68 Å². The number of likely N-dealkylation sites (tertiary alicyclic amines) is 2. The fraction of sp³-hybridized carbons (Fsp3) is 0.783. The van der Waals surface area contributed by atoms with E-state index >= 15 is 0 Å². The lowest BCUT2D eigenvalue weighted by atomic mass is 10.00. The van der Waals surface area contributed by atoms with Crippen molar-refractivity contribution in [3.8, 4) is 0 Å². The van der Waals surface area contributed by atoms with Crippen molar-refractivity contribution in [1.29, 1.82) is 0 Å². The molecule has 8 nitrogen and oxygen atoms in total. The molecular weight excluding hydrogens is 392 g/mol. The Hall–Kier alpha value is -1.93. The fourth-order valence-corrected chi connectivity index (χ4v) is 5.29. The minimum absolute atomic E-state index is 0.00986. The molecule has 0 radical (unpaired) electrons. The minimum atomic E-state index is -0.120. The third-order valence-corrected chi connectivity index (χ3v) is 7.29. The number of carbonyl (C=O) groups is 1. The molecule has 31 heavy (non-hydrogen) atoms. The molecule has 3 aliphatic heterocycles. The summed E-state index contributed by atoms with van der Waals surface area (Å²) in [5.74, 6) is 0.132. The number of carbonyl (C=O) groups excluding carboxylic acids is 1. The summed E-state index contributed by atoms with van der Waals surface area (Å²) in [4.78, 5) is 31.7. The highest BCUT2D eigenvalue weighted by atomic mass is 16.2. The Kier molecular flexibility index (Phi) is 7.61.